The van der Waals surface area contributed by atoms with E-state index in [4.69, 9.17) is 9.68 Å². The molecule has 0 radical (unpaired) electrons. The molecule has 0 spiro atoms. The summed E-state index contributed by atoms with van der Waals surface area (Å²) in [4.78, 5) is 12.8. The van der Waals surface area contributed by atoms with Crippen molar-refractivity contribution in [3.63, 3.8) is 0 Å². The molecule has 29 heavy (non-hydrogen) atoms. The molecule has 0 saturated heterocycles. The normalized spacial score (nSPS) is 10.9. The second kappa shape index (κ2) is 8.64. The summed E-state index contributed by atoms with van der Waals surface area (Å²) >= 11 is 4.61. The Morgan fingerprint density at radius 3 is 2.76 bits per heavy atom. The minimum atomic E-state index is -0.0229. The van der Waals surface area contributed by atoms with Gasteiger partial charge in [-0.15, -0.1) is 10.2 Å². The first kappa shape index (κ1) is 19.4. The molecule has 0 N–H and O–H groups in total. The largest absolute Gasteiger partial charge is 0.411 e. The Labute approximate surface area is 179 Å². The third kappa shape index (κ3) is 4.26. The highest BCUT2D eigenvalue weighted by Crippen LogP contribution is 2.27. The van der Waals surface area contributed by atoms with Crippen molar-refractivity contribution < 1.29 is 9.21 Å². The summed E-state index contributed by atoms with van der Waals surface area (Å²) in [6.07, 6.45) is 2.22. The molecule has 4 rings (SSSR count). The van der Waals surface area contributed by atoms with Crippen LogP contribution in [0.3, 0.4) is 0 Å². The molecule has 4 aromatic rings. The van der Waals surface area contributed by atoms with Crippen molar-refractivity contribution in [3.05, 3.63) is 64.8 Å². The van der Waals surface area contributed by atoms with Gasteiger partial charge in [-0.3, -0.25) is 4.79 Å². The summed E-state index contributed by atoms with van der Waals surface area (Å²) < 4.78 is 8.59. The lowest BCUT2D eigenvalue weighted by Crippen LogP contribution is -2.02. The average Bonchev–Trinajstić information content (AvgIpc) is 3.36. The first-order valence-corrected chi connectivity index (χ1v) is 10.6. The summed E-state index contributed by atoms with van der Waals surface area (Å²) in [5.41, 5.74) is 2.41. The maximum absolute atomic E-state index is 12.8. The molecule has 2 aromatic heterocycles. The number of thioether (sulfide) groups is 1. The number of benzene rings is 2. The van der Waals surface area contributed by atoms with E-state index < -0.39 is 0 Å². The van der Waals surface area contributed by atoms with E-state index in [1.807, 2.05) is 59.3 Å². The minimum Gasteiger partial charge on any atom is -0.411 e. The number of halogens is 1. The van der Waals surface area contributed by atoms with Gasteiger partial charge in [0.25, 0.3) is 5.22 Å². The van der Waals surface area contributed by atoms with Gasteiger partial charge in [-0.25, -0.2) is 0 Å². The Kier molecular flexibility index (Phi) is 5.79. The number of hydrogen-bond acceptors (Lipinski definition) is 6. The highest BCUT2D eigenvalue weighted by atomic mass is 79.9. The molecular formula is C21H15BrN4O2S. The summed E-state index contributed by atoms with van der Waals surface area (Å²) in [6, 6.07) is 17.4. The number of aromatic nitrogens is 3. The maximum Gasteiger partial charge on any atom is 0.277 e. The first-order chi connectivity index (χ1) is 14.2. The SMILES string of the molecule is N#CCCn1cc(C(=O)CSc2nnc(-c3ccc(Br)cc3)o2)c2ccccc21. The van der Waals surface area contributed by atoms with Crippen molar-refractivity contribution >= 4 is 44.4 Å². The second-order valence-electron chi connectivity index (χ2n) is 6.25. The summed E-state index contributed by atoms with van der Waals surface area (Å²) in [6.45, 7) is 0.553. The number of Topliss-reactive ketones (excluding diaryl/α,β-unsaturated/α-hetero) is 1. The number of rotatable bonds is 7. The van der Waals surface area contributed by atoms with Gasteiger partial charge in [0.15, 0.2) is 5.78 Å². The van der Waals surface area contributed by atoms with E-state index in [9.17, 15) is 4.79 Å². The molecule has 0 saturated carbocycles. The van der Waals surface area contributed by atoms with E-state index >= 15 is 0 Å². The third-order valence-electron chi connectivity index (χ3n) is 4.38. The van der Waals surface area contributed by atoms with Crippen molar-refractivity contribution in [2.24, 2.45) is 0 Å². The molecule has 6 nitrogen and oxygen atoms in total. The minimum absolute atomic E-state index is 0.0229. The molecule has 0 unspecified atom stereocenters. The average molecular weight is 467 g/mol. The van der Waals surface area contributed by atoms with E-state index in [-0.39, 0.29) is 11.5 Å². The fraction of sp³-hybridized carbons (Fsp3) is 0.143. The lowest BCUT2D eigenvalue weighted by atomic mass is 10.1. The van der Waals surface area contributed by atoms with Gasteiger partial charge in [-0.05, 0) is 30.3 Å². The van der Waals surface area contributed by atoms with Crippen molar-refractivity contribution in [2.75, 3.05) is 5.75 Å². The molecule has 0 atom stereocenters. The zero-order valence-corrected chi connectivity index (χ0v) is 17.6. The summed E-state index contributed by atoms with van der Waals surface area (Å²) in [7, 11) is 0. The van der Waals surface area contributed by atoms with E-state index in [1.54, 1.807) is 0 Å². The smallest absolute Gasteiger partial charge is 0.277 e. The highest BCUT2D eigenvalue weighted by molar-refractivity contribution is 9.10. The fourth-order valence-electron chi connectivity index (χ4n) is 3.01. The Morgan fingerprint density at radius 2 is 1.97 bits per heavy atom. The third-order valence-corrected chi connectivity index (χ3v) is 5.72. The van der Waals surface area contributed by atoms with Gasteiger partial charge in [-0.1, -0.05) is 45.9 Å². The van der Waals surface area contributed by atoms with Crippen LogP contribution >= 0.6 is 27.7 Å². The molecule has 0 amide bonds. The lowest BCUT2D eigenvalue weighted by molar-refractivity contribution is 0.102. The van der Waals surface area contributed by atoms with Gasteiger partial charge in [0.1, 0.15) is 0 Å². The molecule has 0 aliphatic carbocycles. The van der Waals surface area contributed by atoms with Crippen LogP contribution in [0.5, 0.6) is 0 Å². The van der Waals surface area contributed by atoms with Crippen LogP contribution in [0.2, 0.25) is 0 Å². The maximum atomic E-state index is 12.8. The lowest BCUT2D eigenvalue weighted by Gasteiger charge is -2.00. The first-order valence-electron chi connectivity index (χ1n) is 8.86. The Bertz CT molecular complexity index is 1210. The summed E-state index contributed by atoms with van der Waals surface area (Å²) in [5, 5.41) is 18.2. The molecule has 2 aromatic carbocycles. The predicted octanol–water partition coefficient (Wildman–Crippen LogP) is 5.34. The molecular weight excluding hydrogens is 452 g/mol. The standard InChI is InChI=1S/C21H15BrN4O2S/c22-15-8-6-14(7-9-15)20-24-25-21(28-20)29-13-19(27)17-12-26(11-3-10-23)18-5-2-1-4-16(17)18/h1-2,4-9,12H,3,11,13H2. The van der Waals surface area contributed by atoms with E-state index in [0.29, 0.717) is 29.6 Å². The molecule has 0 aliphatic rings. The molecule has 0 fully saturated rings. The van der Waals surface area contributed by atoms with Crippen LogP contribution in [0.1, 0.15) is 16.8 Å². The van der Waals surface area contributed by atoms with Gasteiger partial charge in [0.05, 0.1) is 18.2 Å². The fourth-order valence-corrected chi connectivity index (χ4v) is 3.92. The number of hydrogen-bond donors (Lipinski definition) is 0. The van der Waals surface area contributed by atoms with Gasteiger partial charge in [0.2, 0.25) is 5.89 Å². The van der Waals surface area contributed by atoms with Crippen molar-refractivity contribution in [1.82, 2.24) is 14.8 Å². The zero-order valence-electron chi connectivity index (χ0n) is 15.2. The highest BCUT2D eigenvalue weighted by Gasteiger charge is 2.17. The Morgan fingerprint density at radius 1 is 1.17 bits per heavy atom. The number of nitriles is 1. The summed E-state index contributed by atoms with van der Waals surface area (Å²) in [5.74, 6) is 0.583. The van der Waals surface area contributed by atoms with E-state index in [2.05, 4.69) is 32.2 Å². The predicted molar refractivity (Wildman–Crippen MR) is 115 cm³/mol. The number of fused-ring (bicyclic) bond motifs is 1. The molecule has 0 aliphatic heterocycles. The second-order valence-corrected chi connectivity index (χ2v) is 8.10. The van der Waals surface area contributed by atoms with Gasteiger partial charge >= 0.3 is 0 Å². The number of nitrogens with zero attached hydrogens (tertiary/aromatic N) is 4. The molecule has 0 bridgehead atoms. The zero-order chi connectivity index (χ0) is 20.2. The molecule has 144 valence electrons. The number of ketones is 1. The van der Waals surface area contributed by atoms with Gasteiger partial charge in [0, 0.05) is 39.2 Å². The topological polar surface area (TPSA) is 84.7 Å². The van der Waals surface area contributed by atoms with E-state index in [1.165, 1.54) is 11.8 Å². The van der Waals surface area contributed by atoms with Crippen molar-refractivity contribution in [2.45, 2.75) is 18.2 Å². The quantitative estimate of drug-likeness (QED) is 0.269. The van der Waals surface area contributed by atoms with Crippen LogP contribution in [0.25, 0.3) is 22.4 Å². The number of carbonyl (C=O) groups is 1. The Hall–Kier alpha value is -2.89. The number of carbonyl (C=O) groups excluding carboxylic acids is 1. The van der Waals surface area contributed by atoms with Gasteiger partial charge in [-0.2, -0.15) is 5.26 Å². The van der Waals surface area contributed by atoms with E-state index in [0.717, 1.165) is 20.9 Å². The van der Waals surface area contributed by atoms with Crippen molar-refractivity contribution in [3.8, 4) is 17.5 Å². The van der Waals surface area contributed by atoms with Crippen molar-refractivity contribution in [1.29, 1.82) is 5.26 Å². The van der Waals surface area contributed by atoms with Crippen LogP contribution in [-0.4, -0.2) is 26.3 Å². The van der Waals surface area contributed by atoms with Crippen LogP contribution < -0.4 is 0 Å². The monoisotopic (exact) mass is 466 g/mol. The number of aryl methyl sites for hydroxylation is 1. The molecule has 8 heteroatoms. The van der Waals surface area contributed by atoms with Crippen LogP contribution in [-0.2, 0) is 6.54 Å². The van der Waals surface area contributed by atoms with Crippen LogP contribution in [0.4, 0.5) is 0 Å². The van der Waals surface area contributed by atoms with Gasteiger partial charge < -0.3 is 8.98 Å². The number of para-hydroxylation sites is 1. The van der Waals surface area contributed by atoms with Crippen LogP contribution in [0, 0.1) is 11.3 Å². The Balaban J connectivity index is 1.49. The van der Waals surface area contributed by atoms with Crippen LogP contribution in [0.15, 0.2) is 68.8 Å². The molecule has 2 heterocycles.